The van der Waals surface area contributed by atoms with Gasteiger partial charge in [-0.25, -0.2) is 0 Å². The lowest BCUT2D eigenvalue weighted by atomic mass is 10.2. The van der Waals surface area contributed by atoms with Gasteiger partial charge in [0, 0.05) is 47.5 Å². The van der Waals surface area contributed by atoms with Gasteiger partial charge in [-0.1, -0.05) is 23.7 Å². The van der Waals surface area contributed by atoms with Crippen molar-refractivity contribution in [3.8, 4) is 0 Å². The Morgan fingerprint density at radius 3 is 2.29 bits per heavy atom. The van der Waals surface area contributed by atoms with Crippen LogP contribution in [0.4, 0.5) is 11.4 Å². The van der Waals surface area contributed by atoms with Crippen LogP contribution in [-0.4, -0.2) is 24.6 Å². The van der Waals surface area contributed by atoms with Gasteiger partial charge < -0.3 is 10.2 Å². The Bertz CT molecular complexity index is 562. The van der Waals surface area contributed by atoms with Crippen molar-refractivity contribution in [3.63, 3.8) is 0 Å². The smallest absolute Gasteiger partial charge is 0.0406 e. The van der Waals surface area contributed by atoms with Gasteiger partial charge in [-0.15, -0.1) is 0 Å². The highest BCUT2D eigenvalue weighted by atomic mass is 35.5. The van der Waals surface area contributed by atoms with E-state index in [9.17, 15) is 0 Å². The van der Waals surface area contributed by atoms with E-state index in [0.29, 0.717) is 0 Å². The summed E-state index contributed by atoms with van der Waals surface area (Å²) in [7, 11) is 0. The highest BCUT2D eigenvalue weighted by Gasteiger charge is 2.10. The van der Waals surface area contributed by atoms with Crippen molar-refractivity contribution >= 4 is 34.7 Å². The van der Waals surface area contributed by atoms with E-state index in [0.717, 1.165) is 30.3 Å². The molecule has 110 valence electrons. The van der Waals surface area contributed by atoms with Crippen LogP contribution >= 0.6 is 23.4 Å². The summed E-state index contributed by atoms with van der Waals surface area (Å²) in [6.07, 6.45) is 0. The normalized spacial score (nSPS) is 15.0. The minimum absolute atomic E-state index is 0.780. The lowest BCUT2D eigenvalue weighted by Gasteiger charge is -2.28. The molecule has 0 amide bonds. The van der Waals surface area contributed by atoms with E-state index < -0.39 is 0 Å². The van der Waals surface area contributed by atoms with Crippen LogP contribution in [0.3, 0.4) is 0 Å². The minimum atomic E-state index is 0.780. The number of rotatable bonds is 4. The van der Waals surface area contributed by atoms with Gasteiger partial charge in [0.25, 0.3) is 0 Å². The molecule has 1 heterocycles. The van der Waals surface area contributed by atoms with E-state index in [4.69, 9.17) is 11.6 Å². The van der Waals surface area contributed by atoms with Crippen LogP contribution in [0.15, 0.2) is 48.5 Å². The highest BCUT2D eigenvalue weighted by molar-refractivity contribution is 7.99. The molecule has 3 rings (SSSR count). The van der Waals surface area contributed by atoms with Crippen molar-refractivity contribution in [1.29, 1.82) is 0 Å². The summed E-state index contributed by atoms with van der Waals surface area (Å²) in [5.41, 5.74) is 3.71. The molecular weight excluding hydrogens is 300 g/mol. The van der Waals surface area contributed by atoms with Crippen LogP contribution in [0, 0.1) is 0 Å². The van der Waals surface area contributed by atoms with Gasteiger partial charge in [-0.3, -0.25) is 0 Å². The van der Waals surface area contributed by atoms with Crippen molar-refractivity contribution in [2.45, 2.75) is 6.54 Å². The first kappa shape index (κ1) is 14.6. The molecule has 1 aliphatic heterocycles. The second-order valence-electron chi connectivity index (χ2n) is 5.13. The third kappa shape index (κ3) is 4.08. The average Bonchev–Trinajstić information content (AvgIpc) is 2.56. The molecule has 0 aromatic heterocycles. The number of hydrogen-bond donors (Lipinski definition) is 1. The van der Waals surface area contributed by atoms with Gasteiger partial charge in [-0.2, -0.15) is 11.8 Å². The molecule has 4 heteroatoms. The van der Waals surface area contributed by atoms with Gasteiger partial charge >= 0.3 is 0 Å². The molecule has 2 aromatic carbocycles. The predicted molar refractivity (Wildman–Crippen MR) is 94.8 cm³/mol. The number of benzene rings is 2. The molecular formula is C17H19ClN2S. The quantitative estimate of drug-likeness (QED) is 0.893. The fourth-order valence-electron chi connectivity index (χ4n) is 2.42. The first-order chi connectivity index (χ1) is 10.3. The summed E-state index contributed by atoms with van der Waals surface area (Å²) in [4.78, 5) is 2.46. The van der Waals surface area contributed by atoms with Gasteiger partial charge in [0.15, 0.2) is 0 Å². The summed E-state index contributed by atoms with van der Waals surface area (Å²) >= 11 is 7.93. The maximum atomic E-state index is 5.89. The van der Waals surface area contributed by atoms with Crippen LogP contribution in [0.2, 0.25) is 5.02 Å². The summed E-state index contributed by atoms with van der Waals surface area (Å²) in [6.45, 7) is 3.13. The topological polar surface area (TPSA) is 15.3 Å². The number of thioether (sulfide) groups is 1. The Morgan fingerprint density at radius 2 is 1.62 bits per heavy atom. The van der Waals surface area contributed by atoms with Crippen LogP contribution in [0.5, 0.6) is 0 Å². The van der Waals surface area contributed by atoms with Crippen LogP contribution in [0.25, 0.3) is 0 Å². The summed E-state index contributed by atoms with van der Waals surface area (Å²) in [6, 6.07) is 16.7. The van der Waals surface area contributed by atoms with Crippen LogP contribution < -0.4 is 10.2 Å². The van der Waals surface area contributed by atoms with E-state index in [1.54, 1.807) is 0 Å². The Kier molecular flexibility index (Phi) is 4.94. The van der Waals surface area contributed by atoms with Crippen molar-refractivity contribution in [2.75, 3.05) is 34.8 Å². The number of nitrogens with one attached hydrogen (secondary N) is 1. The van der Waals surface area contributed by atoms with Crippen molar-refractivity contribution < 1.29 is 0 Å². The maximum Gasteiger partial charge on any atom is 0.0406 e. The Morgan fingerprint density at radius 1 is 0.952 bits per heavy atom. The second-order valence-corrected chi connectivity index (χ2v) is 6.79. The molecule has 0 saturated carbocycles. The zero-order chi connectivity index (χ0) is 14.5. The van der Waals surface area contributed by atoms with E-state index in [1.807, 2.05) is 23.9 Å². The minimum Gasteiger partial charge on any atom is -0.381 e. The standard InChI is InChI=1S/C17H19ClN2S/c18-15-3-1-14(2-4-15)13-19-16-5-7-17(8-6-16)20-9-11-21-12-10-20/h1-8,19H,9-13H2. The predicted octanol–water partition coefficient (Wildman–Crippen LogP) is 4.51. The van der Waals surface area contributed by atoms with E-state index in [1.165, 1.54) is 22.8 Å². The zero-order valence-electron chi connectivity index (χ0n) is 11.9. The molecule has 0 bridgehead atoms. The van der Waals surface area contributed by atoms with Crippen molar-refractivity contribution in [1.82, 2.24) is 0 Å². The molecule has 0 unspecified atom stereocenters. The zero-order valence-corrected chi connectivity index (χ0v) is 13.5. The third-order valence-electron chi connectivity index (χ3n) is 3.65. The molecule has 1 N–H and O–H groups in total. The van der Waals surface area contributed by atoms with Crippen molar-refractivity contribution in [2.24, 2.45) is 0 Å². The molecule has 1 saturated heterocycles. The lowest BCUT2D eigenvalue weighted by Crippen LogP contribution is -2.32. The molecule has 1 aliphatic rings. The molecule has 2 aromatic rings. The SMILES string of the molecule is Clc1ccc(CNc2ccc(N3CCSCC3)cc2)cc1. The Labute approximate surface area is 135 Å². The maximum absolute atomic E-state index is 5.89. The van der Waals surface area contributed by atoms with E-state index in [2.05, 4.69) is 46.6 Å². The van der Waals surface area contributed by atoms with Gasteiger partial charge in [0.1, 0.15) is 0 Å². The molecule has 0 radical (unpaired) electrons. The molecule has 0 aliphatic carbocycles. The summed E-state index contributed by atoms with van der Waals surface area (Å²) in [5.74, 6) is 2.47. The first-order valence-electron chi connectivity index (χ1n) is 7.22. The number of halogens is 1. The second kappa shape index (κ2) is 7.10. The number of anilines is 2. The molecule has 0 atom stereocenters. The number of hydrogen-bond acceptors (Lipinski definition) is 3. The van der Waals surface area contributed by atoms with Gasteiger partial charge in [0.05, 0.1) is 0 Å². The molecule has 21 heavy (non-hydrogen) atoms. The van der Waals surface area contributed by atoms with Crippen LogP contribution in [-0.2, 0) is 6.54 Å². The fourth-order valence-corrected chi connectivity index (χ4v) is 3.45. The van der Waals surface area contributed by atoms with E-state index in [-0.39, 0.29) is 0 Å². The molecule has 1 fully saturated rings. The largest absolute Gasteiger partial charge is 0.381 e. The Balaban J connectivity index is 1.57. The van der Waals surface area contributed by atoms with Gasteiger partial charge in [0.2, 0.25) is 0 Å². The van der Waals surface area contributed by atoms with Crippen molar-refractivity contribution in [3.05, 3.63) is 59.1 Å². The van der Waals surface area contributed by atoms with Crippen LogP contribution in [0.1, 0.15) is 5.56 Å². The summed E-state index contributed by atoms with van der Waals surface area (Å²) < 4.78 is 0. The average molecular weight is 319 g/mol. The molecule has 0 spiro atoms. The third-order valence-corrected chi connectivity index (χ3v) is 4.85. The van der Waals surface area contributed by atoms with E-state index >= 15 is 0 Å². The number of nitrogens with zero attached hydrogens (tertiary/aromatic N) is 1. The Hall–Kier alpha value is -1.32. The highest BCUT2D eigenvalue weighted by Crippen LogP contribution is 2.21. The van der Waals surface area contributed by atoms with Gasteiger partial charge in [-0.05, 0) is 42.0 Å². The first-order valence-corrected chi connectivity index (χ1v) is 8.75. The monoisotopic (exact) mass is 318 g/mol. The fraction of sp³-hybridized carbons (Fsp3) is 0.294. The summed E-state index contributed by atoms with van der Waals surface area (Å²) in [5, 5.41) is 4.23. The molecule has 2 nitrogen and oxygen atoms in total. The lowest BCUT2D eigenvalue weighted by molar-refractivity contribution is 0.859.